The van der Waals surface area contributed by atoms with Crippen LogP contribution in [0, 0.1) is 0 Å². The van der Waals surface area contributed by atoms with Gasteiger partial charge in [-0.1, -0.05) is 4.49 Å². The summed E-state index contributed by atoms with van der Waals surface area (Å²) in [5.74, 6) is 0. The summed E-state index contributed by atoms with van der Waals surface area (Å²) in [7, 11) is 8.47. The third-order valence-electron chi connectivity index (χ3n) is 4.00. The van der Waals surface area contributed by atoms with E-state index in [1.807, 2.05) is 7.05 Å². The third-order valence-corrected chi connectivity index (χ3v) is 4.79. The lowest BCUT2D eigenvalue weighted by atomic mass is 9.75. The molecule has 6 heteroatoms. The average Bonchev–Trinajstić information content (AvgIpc) is 2.70. The lowest BCUT2D eigenvalue weighted by Gasteiger charge is -2.49. The van der Waals surface area contributed by atoms with Gasteiger partial charge in [0.15, 0.2) is 0 Å². The molecule has 1 aliphatic carbocycles. The van der Waals surface area contributed by atoms with Crippen LogP contribution in [0.2, 0.25) is 0 Å². The minimum Gasteiger partial charge on any atom is -0.377 e. The fraction of sp³-hybridized carbons (Fsp3) is 0.833. The second-order valence-corrected chi connectivity index (χ2v) is 6.20. The molecule has 1 heterocycles. The Hall–Kier alpha value is -0.720. The Kier molecular flexibility index (Phi) is 4.19. The van der Waals surface area contributed by atoms with Crippen molar-refractivity contribution in [3.8, 4) is 0 Å². The summed E-state index contributed by atoms with van der Waals surface area (Å²) in [5.41, 5.74) is 1.43. The van der Waals surface area contributed by atoms with Crippen LogP contribution in [0.3, 0.4) is 0 Å². The van der Waals surface area contributed by atoms with Crippen molar-refractivity contribution in [1.29, 1.82) is 0 Å². The van der Waals surface area contributed by atoms with Crippen LogP contribution in [0.25, 0.3) is 0 Å². The second kappa shape index (κ2) is 5.50. The van der Waals surface area contributed by atoms with Crippen molar-refractivity contribution in [2.75, 3.05) is 40.1 Å². The summed E-state index contributed by atoms with van der Waals surface area (Å²) in [6, 6.07) is 0. The summed E-state index contributed by atoms with van der Waals surface area (Å²) in [6.07, 6.45) is 3.96. The van der Waals surface area contributed by atoms with Gasteiger partial charge < -0.3 is 10.2 Å². The first-order valence-electron chi connectivity index (χ1n) is 6.42. The Labute approximate surface area is 113 Å². The van der Waals surface area contributed by atoms with Crippen molar-refractivity contribution >= 4 is 16.5 Å². The minimum atomic E-state index is 0.373. The molecule has 0 saturated heterocycles. The van der Waals surface area contributed by atoms with Gasteiger partial charge in [0, 0.05) is 37.2 Å². The van der Waals surface area contributed by atoms with Gasteiger partial charge in [-0.2, -0.15) is 0 Å². The molecule has 2 rings (SSSR count). The van der Waals surface area contributed by atoms with Crippen molar-refractivity contribution < 1.29 is 0 Å². The molecule has 1 aliphatic rings. The molecule has 0 amide bonds. The van der Waals surface area contributed by atoms with E-state index in [1.54, 1.807) is 0 Å². The van der Waals surface area contributed by atoms with E-state index in [2.05, 4.69) is 45.8 Å². The molecule has 1 aromatic heterocycles. The predicted octanol–water partition coefficient (Wildman–Crippen LogP) is 1.50. The molecule has 1 saturated carbocycles. The maximum absolute atomic E-state index is 4.20. The van der Waals surface area contributed by atoms with E-state index in [-0.39, 0.29) is 0 Å². The van der Waals surface area contributed by atoms with Crippen LogP contribution in [-0.2, 0) is 6.54 Å². The number of nitrogens with zero attached hydrogens (tertiary/aromatic N) is 4. The van der Waals surface area contributed by atoms with Gasteiger partial charge >= 0.3 is 0 Å². The number of hydrogen-bond donors (Lipinski definition) is 1. The molecule has 18 heavy (non-hydrogen) atoms. The molecule has 0 unspecified atom stereocenters. The largest absolute Gasteiger partial charge is 0.377 e. The van der Waals surface area contributed by atoms with Gasteiger partial charge in [0.05, 0.1) is 0 Å². The number of aromatic nitrogens is 2. The normalized spacial score (nSPS) is 18.1. The first-order chi connectivity index (χ1) is 8.57. The number of hydrogen-bond acceptors (Lipinski definition) is 6. The molecular weight excluding hydrogens is 246 g/mol. The lowest BCUT2D eigenvalue weighted by Crippen LogP contribution is -2.56. The SMILES string of the molecule is CNc1snnc1CN(C)CC1(N(C)C)CCC1. The van der Waals surface area contributed by atoms with Crippen LogP contribution < -0.4 is 5.32 Å². The number of nitrogens with one attached hydrogen (secondary N) is 1. The first kappa shape index (κ1) is 13.7. The Morgan fingerprint density at radius 2 is 2.06 bits per heavy atom. The molecule has 1 fully saturated rings. The van der Waals surface area contributed by atoms with Crippen LogP contribution >= 0.6 is 11.5 Å². The summed E-state index contributed by atoms with van der Waals surface area (Å²) in [4.78, 5) is 4.74. The van der Waals surface area contributed by atoms with Gasteiger partial charge in [0.1, 0.15) is 10.7 Å². The molecule has 0 radical (unpaired) electrons. The van der Waals surface area contributed by atoms with Crippen LogP contribution in [0.5, 0.6) is 0 Å². The van der Waals surface area contributed by atoms with E-state index in [4.69, 9.17) is 0 Å². The van der Waals surface area contributed by atoms with Crippen LogP contribution in [0.4, 0.5) is 5.00 Å². The standard InChI is InChI=1S/C12H23N5S/c1-13-11-10(14-15-18-11)8-17(4)9-12(16(2)3)6-5-7-12/h13H,5-9H2,1-4H3. The minimum absolute atomic E-state index is 0.373. The maximum Gasteiger partial charge on any atom is 0.134 e. The molecule has 1 aromatic rings. The molecule has 0 aliphatic heterocycles. The molecule has 1 N–H and O–H groups in total. The molecule has 0 bridgehead atoms. The Morgan fingerprint density at radius 1 is 1.33 bits per heavy atom. The molecule has 0 atom stereocenters. The quantitative estimate of drug-likeness (QED) is 0.848. The fourth-order valence-corrected chi connectivity index (χ4v) is 3.17. The van der Waals surface area contributed by atoms with E-state index in [0.29, 0.717) is 5.54 Å². The van der Waals surface area contributed by atoms with Crippen molar-refractivity contribution in [1.82, 2.24) is 19.4 Å². The van der Waals surface area contributed by atoms with Crippen molar-refractivity contribution in [2.45, 2.75) is 31.3 Å². The molecule has 0 aromatic carbocycles. The highest BCUT2D eigenvalue weighted by Crippen LogP contribution is 2.36. The van der Waals surface area contributed by atoms with E-state index in [0.717, 1.165) is 23.8 Å². The van der Waals surface area contributed by atoms with E-state index in [9.17, 15) is 0 Å². The average molecular weight is 269 g/mol. The molecular formula is C12H23N5S. The zero-order chi connectivity index (χ0) is 13.2. The highest BCUT2D eigenvalue weighted by molar-refractivity contribution is 7.10. The van der Waals surface area contributed by atoms with E-state index in [1.165, 1.54) is 30.8 Å². The summed E-state index contributed by atoms with van der Waals surface area (Å²) >= 11 is 1.43. The topological polar surface area (TPSA) is 44.3 Å². The zero-order valence-electron chi connectivity index (χ0n) is 11.7. The predicted molar refractivity (Wildman–Crippen MR) is 76.1 cm³/mol. The number of rotatable bonds is 6. The zero-order valence-corrected chi connectivity index (χ0v) is 12.5. The number of anilines is 1. The highest BCUT2D eigenvalue weighted by atomic mass is 32.1. The Bertz CT molecular complexity index is 386. The van der Waals surface area contributed by atoms with Gasteiger partial charge in [-0.25, -0.2) is 0 Å². The highest BCUT2D eigenvalue weighted by Gasteiger charge is 2.39. The molecule has 102 valence electrons. The van der Waals surface area contributed by atoms with Crippen molar-refractivity contribution in [3.05, 3.63) is 5.69 Å². The van der Waals surface area contributed by atoms with E-state index >= 15 is 0 Å². The first-order valence-corrected chi connectivity index (χ1v) is 7.20. The van der Waals surface area contributed by atoms with Gasteiger partial charge in [-0.3, -0.25) is 4.90 Å². The molecule has 0 spiro atoms. The third kappa shape index (κ3) is 2.65. The van der Waals surface area contributed by atoms with Gasteiger partial charge in [0.2, 0.25) is 0 Å². The van der Waals surface area contributed by atoms with Crippen molar-refractivity contribution in [2.24, 2.45) is 0 Å². The monoisotopic (exact) mass is 269 g/mol. The lowest BCUT2D eigenvalue weighted by molar-refractivity contribution is 0.0256. The van der Waals surface area contributed by atoms with E-state index < -0.39 is 0 Å². The van der Waals surface area contributed by atoms with Crippen LogP contribution in [-0.4, -0.2) is 59.7 Å². The Balaban J connectivity index is 1.94. The Morgan fingerprint density at radius 3 is 2.56 bits per heavy atom. The maximum atomic E-state index is 4.20. The van der Waals surface area contributed by atoms with Gasteiger partial charge in [-0.05, 0) is 40.4 Å². The second-order valence-electron chi connectivity index (χ2n) is 5.44. The molecule has 5 nitrogen and oxygen atoms in total. The van der Waals surface area contributed by atoms with Crippen LogP contribution in [0.1, 0.15) is 25.0 Å². The van der Waals surface area contributed by atoms with Gasteiger partial charge in [0.25, 0.3) is 0 Å². The number of likely N-dealkylation sites (N-methyl/N-ethyl adjacent to an activating group) is 2. The van der Waals surface area contributed by atoms with Crippen molar-refractivity contribution in [3.63, 3.8) is 0 Å². The fourth-order valence-electron chi connectivity index (χ4n) is 2.65. The summed E-state index contributed by atoms with van der Waals surface area (Å²) in [5, 5.41) is 8.43. The van der Waals surface area contributed by atoms with Gasteiger partial charge in [-0.15, -0.1) is 5.10 Å². The summed E-state index contributed by atoms with van der Waals surface area (Å²) < 4.78 is 4.00. The summed E-state index contributed by atoms with van der Waals surface area (Å²) in [6.45, 7) is 1.96. The smallest absolute Gasteiger partial charge is 0.134 e. The van der Waals surface area contributed by atoms with Crippen LogP contribution in [0.15, 0.2) is 0 Å².